The third-order valence-corrected chi connectivity index (χ3v) is 2.76. The van der Waals surface area contributed by atoms with Gasteiger partial charge in [-0.05, 0) is 49.1 Å². The van der Waals surface area contributed by atoms with Crippen LogP contribution in [0, 0.1) is 6.92 Å². The molecule has 0 fully saturated rings. The van der Waals surface area contributed by atoms with Gasteiger partial charge in [0.05, 0.1) is 12.2 Å². The van der Waals surface area contributed by atoms with Crippen molar-refractivity contribution in [2.45, 2.75) is 13.3 Å². The molecule has 0 bridgehead atoms. The van der Waals surface area contributed by atoms with Crippen LogP contribution >= 0.6 is 11.8 Å². The van der Waals surface area contributed by atoms with Gasteiger partial charge in [-0.15, -0.1) is 0 Å². The molecule has 0 saturated carbocycles. The van der Waals surface area contributed by atoms with Crippen molar-refractivity contribution < 1.29 is 9.53 Å². The second-order valence-electron chi connectivity index (χ2n) is 3.61. The first kappa shape index (κ1) is 12.9. The van der Waals surface area contributed by atoms with Gasteiger partial charge in [0, 0.05) is 5.69 Å². The minimum absolute atomic E-state index is 0.295. The molecule has 0 saturated heterocycles. The van der Waals surface area contributed by atoms with Crippen molar-refractivity contribution in [2.24, 2.45) is 0 Å². The summed E-state index contributed by atoms with van der Waals surface area (Å²) < 4.78 is 5.13. The molecule has 0 aliphatic rings. The quantitative estimate of drug-likeness (QED) is 0.487. The summed E-state index contributed by atoms with van der Waals surface area (Å²) in [4.78, 5) is 11.6. The van der Waals surface area contributed by atoms with Gasteiger partial charge in [-0.2, -0.15) is 11.8 Å². The SMILES string of the molecule is CSCCCOC(=O)c1cc(C)cc(N)c1. The molecule has 0 spiro atoms. The lowest BCUT2D eigenvalue weighted by molar-refractivity contribution is 0.0506. The summed E-state index contributed by atoms with van der Waals surface area (Å²) >= 11 is 1.74. The van der Waals surface area contributed by atoms with Gasteiger partial charge in [0.2, 0.25) is 0 Å². The molecule has 0 unspecified atom stereocenters. The smallest absolute Gasteiger partial charge is 0.338 e. The molecule has 2 N–H and O–H groups in total. The van der Waals surface area contributed by atoms with E-state index in [4.69, 9.17) is 10.5 Å². The lowest BCUT2D eigenvalue weighted by Crippen LogP contribution is -2.07. The number of aryl methyl sites for hydroxylation is 1. The predicted octanol–water partition coefficient (Wildman–Crippen LogP) is 2.49. The van der Waals surface area contributed by atoms with Crippen LogP contribution in [0.1, 0.15) is 22.3 Å². The Morgan fingerprint density at radius 2 is 2.19 bits per heavy atom. The first-order valence-electron chi connectivity index (χ1n) is 5.16. The molecule has 16 heavy (non-hydrogen) atoms. The second kappa shape index (κ2) is 6.43. The zero-order valence-corrected chi connectivity index (χ0v) is 10.5. The van der Waals surface area contributed by atoms with E-state index in [1.165, 1.54) is 0 Å². The third-order valence-electron chi connectivity index (χ3n) is 2.06. The number of hydrogen-bond donors (Lipinski definition) is 1. The van der Waals surface area contributed by atoms with Crippen molar-refractivity contribution >= 4 is 23.4 Å². The van der Waals surface area contributed by atoms with Gasteiger partial charge in [0.1, 0.15) is 0 Å². The van der Waals surface area contributed by atoms with Crippen LogP contribution in [-0.2, 0) is 4.74 Å². The number of nitrogens with two attached hydrogens (primary N) is 1. The molecule has 88 valence electrons. The molecule has 0 atom stereocenters. The number of carbonyl (C=O) groups excluding carboxylic acids is 1. The van der Waals surface area contributed by atoms with Crippen molar-refractivity contribution in [3.05, 3.63) is 29.3 Å². The van der Waals surface area contributed by atoms with Crippen LogP contribution in [0.4, 0.5) is 5.69 Å². The molecule has 4 heteroatoms. The van der Waals surface area contributed by atoms with Gasteiger partial charge < -0.3 is 10.5 Å². The van der Waals surface area contributed by atoms with E-state index in [9.17, 15) is 4.79 Å². The van der Waals surface area contributed by atoms with Gasteiger partial charge in [0.15, 0.2) is 0 Å². The summed E-state index contributed by atoms with van der Waals surface area (Å²) in [6.45, 7) is 2.37. The fraction of sp³-hybridized carbons (Fsp3) is 0.417. The van der Waals surface area contributed by atoms with Crippen molar-refractivity contribution in [2.75, 3.05) is 24.3 Å². The van der Waals surface area contributed by atoms with Crippen molar-refractivity contribution in [3.8, 4) is 0 Å². The first-order valence-corrected chi connectivity index (χ1v) is 6.56. The maximum absolute atomic E-state index is 11.6. The number of esters is 1. The monoisotopic (exact) mass is 239 g/mol. The Morgan fingerprint density at radius 1 is 1.44 bits per heavy atom. The maximum atomic E-state index is 11.6. The minimum atomic E-state index is -0.295. The number of benzene rings is 1. The lowest BCUT2D eigenvalue weighted by Gasteiger charge is -2.06. The fourth-order valence-corrected chi connectivity index (χ4v) is 1.79. The van der Waals surface area contributed by atoms with Gasteiger partial charge in [-0.25, -0.2) is 4.79 Å². The summed E-state index contributed by atoms with van der Waals surface area (Å²) in [5.74, 6) is 0.708. The average molecular weight is 239 g/mol. The largest absolute Gasteiger partial charge is 0.462 e. The average Bonchev–Trinajstić information content (AvgIpc) is 2.22. The number of carbonyl (C=O) groups is 1. The Morgan fingerprint density at radius 3 is 2.81 bits per heavy atom. The zero-order chi connectivity index (χ0) is 12.0. The predicted molar refractivity (Wildman–Crippen MR) is 68.9 cm³/mol. The topological polar surface area (TPSA) is 52.3 Å². The van der Waals surface area contributed by atoms with Crippen molar-refractivity contribution in [3.63, 3.8) is 0 Å². The molecule has 1 aromatic carbocycles. The Bertz CT molecular complexity index is 346. The molecule has 1 aromatic rings. The summed E-state index contributed by atoms with van der Waals surface area (Å²) in [6.07, 6.45) is 2.91. The number of ether oxygens (including phenoxy) is 1. The number of anilines is 1. The number of thioether (sulfide) groups is 1. The van der Waals surface area contributed by atoms with Crippen molar-refractivity contribution in [1.82, 2.24) is 0 Å². The normalized spacial score (nSPS) is 10.1. The molecule has 0 aliphatic heterocycles. The molecule has 0 amide bonds. The highest BCUT2D eigenvalue weighted by molar-refractivity contribution is 7.98. The summed E-state index contributed by atoms with van der Waals surface area (Å²) in [5.41, 5.74) is 7.75. The van der Waals surface area contributed by atoms with E-state index in [1.807, 2.05) is 19.2 Å². The van der Waals surface area contributed by atoms with Crippen LogP contribution in [0.3, 0.4) is 0 Å². The van der Waals surface area contributed by atoms with Crippen LogP contribution in [-0.4, -0.2) is 24.6 Å². The molecule has 1 rings (SSSR count). The van der Waals surface area contributed by atoms with E-state index in [0.29, 0.717) is 17.9 Å². The molecular weight excluding hydrogens is 222 g/mol. The second-order valence-corrected chi connectivity index (χ2v) is 4.60. The van der Waals surface area contributed by atoms with E-state index >= 15 is 0 Å². The number of hydrogen-bond acceptors (Lipinski definition) is 4. The first-order chi connectivity index (χ1) is 7.63. The lowest BCUT2D eigenvalue weighted by atomic mass is 10.1. The summed E-state index contributed by atoms with van der Waals surface area (Å²) in [7, 11) is 0. The van der Waals surface area contributed by atoms with Crippen molar-refractivity contribution in [1.29, 1.82) is 0 Å². The van der Waals surface area contributed by atoms with E-state index < -0.39 is 0 Å². The Balaban J connectivity index is 2.52. The van der Waals surface area contributed by atoms with Crippen LogP contribution < -0.4 is 5.73 Å². The highest BCUT2D eigenvalue weighted by Crippen LogP contribution is 2.12. The summed E-state index contributed by atoms with van der Waals surface area (Å²) in [6, 6.07) is 5.25. The van der Waals surface area contributed by atoms with Crippen LogP contribution in [0.2, 0.25) is 0 Å². The van der Waals surface area contributed by atoms with Gasteiger partial charge >= 0.3 is 5.97 Å². The van der Waals surface area contributed by atoms with Gasteiger partial charge in [0.25, 0.3) is 0 Å². The fourth-order valence-electron chi connectivity index (χ4n) is 1.38. The van der Waals surface area contributed by atoms with Gasteiger partial charge in [-0.3, -0.25) is 0 Å². The minimum Gasteiger partial charge on any atom is -0.462 e. The van der Waals surface area contributed by atoms with Crippen LogP contribution in [0.25, 0.3) is 0 Å². The van der Waals surface area contributed by atoms with E-state index in [1.54, 1.807) is 23.9 Å². The molecule has 0 aliphatic carbocycles. The molecule has 0 aromatic heterocycles. The maximum Gasteiger partial charge on any atom is 0.338 e. The molecule has 0 radical (unpaired) electrons. The van der Waals surface area contributed by atoms with E-state index in [2.05, 4.69) is 0 Å². The standard InChI is InChI=1S/C12H17NO2S/c1-9-6-10(8-11(13)7-9)12(14)15-4-3-5-16-2/h6-8H,3-5,13H2,1-2H3. The molecule has 3 nitrogen and oxygen atoms in total. The summed E-state index contributed by atoms with van der Waals surface area (Å²) in [5, 5.41) is 0. The highest BCUT2D eigenvalue weighted by atomic mass is 32.2. The molecular formula is C12H17NO2S. The number of nitrogen functional groups attached to an aromatic ring is 1. The Kier molecular flexibility index (Phi) is 5.19. The highest BCUT2D eigenvalue weighted by Gasteiger charge is 2.07. The Labute approximate surface area is 100 Å². The third kappa shape index (κ3) is 4.14. The number of rotatable bonds is 5. The zero-order valence-electron chi connectivity index (χ0n) is 9.66. The Hall–Kier alpha value is -1.16. The van der Waals surface area contributed by atoms with Crippen LogP contribution in [0.15, 0.2) is 18.2 Å². The molecule has 0 heterocycles. The van der Waals surface area contributed by atoms with E-state index in [0.717, 1.165) is 17.7 Å². The van der Waals surface area contributed by atoms with E-state index in [-0.39, 0.29) is 5.97 Å². The van der Waals surface area contributed by atoms with Crippen LogP contribution in [0.5, 0.6) is 0 Å². The van der Waals surface area contributed by atoms with Gasteiger partial charge in [-0.1, -0.05) is 0 Å².